The summed E-state index contributed by atoms with van der Waals surface area (Å²) in [7, 11) is 0. The van der Waals surface area contributed by atoms with Crippen LogP contribution in [0.3, 0.4) is 0 Å². The molecule has 0 aliphatic rings. The van der Waals surface area contributed by atoms with E-state index in [-0.39, 0.29) is 5.69 Å². The number of nitrogens with one attached hydrogen (secondary N) is 2. The normalized spacial score (nSPS) is 11.9. The minimum absolute atomic E-state index is 0.279. The predicted octanol–water partition coefficient (Wildman–Crippen LogP) is 5.46. The molecule has 0 atom stereocenters. The molecule has 0 spiro atoms. The lowest BCUT2D eigenvalue weighted by Crippen LogP contribution is -2.39. The van der Waals surface area contributed by atoms with E-state index in [1.165, 1.54) is 12.1 Å². The van der Waals surface area contributed by atoms with Gasteiger partial charge in [0.1, 0.15) is 0 Å². The molecule has 25 heavy (non-hydrogen) atoms. The van der Waals surface area contributed by atoms with Crippen LogP contribution in [0.5, 0.6) is 0 Å². The third-order valence-corrected chi connectivity index (χ3v) is 4.09. The first-order valence-corrected chi connectivity index (χ1v) is 7.94. The van der Waals surface area contributed by atoms with E-state index in [2.05, 4.69) is 10.6 Å². The van der Waals surface area contributed by atoms with Crippen molar-refractivity contribution in [3.8, 4) is 0 Å². The Morgan fingerprint density at radius 1 is 1.04 bits per heavy atom. The highest BCUT2D eigenvalue weighted by Gasteiger charge is 2.30. The van der Waals surface area contributed by atoms with Gasteiger partial charge in [-0.25, -0.2) is 4.79 Å². The second kappa shape index (κ2) is 7.35. The van der Waals surface area contributed by atoms with Gasteiger partial charge in [0.2, 0.25) is 0 Å². The van der Waals surface area contributed by atoms with Crippen LogP contribution < -0.4 is 10.6 Å². The molecule has 2 aromatic rings. The number of carbonyl (C=O) groups excluding carboxylic acids is 1. The quantitative estimate of drug-likeness (QED) is 0.737. The first kappa shape index (κ1) is 19.1. The van der Waals surface area contributed by atoms with Crippen molar-refractivity contribution in [1.82, 2.24) is 5.32 Å². The molecule has 0 saturated heterocycles. The maximum Gasteiger partial charge on any atom is 0.416 e. The third kappa shape index (κ3) is 5.13. The molecule has 0 heterocycles. The first-order valence-electron chi connectivity index (χ1n) is 7.57. The van der Waals surface area contributed by atoms with Crippen LogP contribution in [0, 0.1) is 0 Å². The maximum atomic E-state index is 12.5. The van der Waals surface area contributed by atoms with Crippen LogP contribution in [0.15, 0.2) is 48.5 Å². The van der Waals surface area contributed by atoms with E-state index in [4.69, 9.17) is 11.6 Å². The van der Waals surface area contributed by atoms with Gasteiger partial charge < -0.3 is 10.6 Å². The second-order valence-corrected chi connectivity index (χ2v) is 6.65. The molecule has 0 bridgehead atoms. The Kier molecular flexibility index (Phi) is 5.62. The maximum absolute atomic E-state index is 12.5. The van der Waals surface area contributed by atoms with E-state index < -0.39 is 23.2 Å². The van der Waals surface area contributed by atoms with Crippen LogP contribution in [0.2, 0.25) is 5.02 Å². The standard InChI is InChI=1S/C18H18ClF3N2O/c1-17(2,14-5-3-4-6-15(14)19)11-23-16(25)24-13-9-7-12(8-10-13)18(20,21)22/h3-10H,11H2,1-2H3,(H2,23,24,25). The number of anilines is 1. The zero-order valence-corrected chi connectivity index (χ0v) is 14.5. The van der Waals surface area contributed by atoms with E-state index in [0.29, 0.717) is 11.6 Å². The molecule has 7 heteroatoms. The Labute approximate surface area is 149 Å². The lowest BCUT2D eigenvalue weighted by atomic mass is 9.84. The molecule has 0 unspecified atom stereocenters. The molecule has 0 radical (unpaired) electrons. The largest absolute Gasteiger partial charge is 0.416 e. The zero-order chi connectivity index (χ0) is 18.7. The molecular formula is C18H18ClF3N2O. The third-order valence-electron chi connectivity index (χ3n) is 3.76. The summed E-state index contributed by atoms with van der Waals surface area (Å²) in [5.41, 5.74) is 0.00128. The summed E-state index contributed by atoms with van der Waals surface area (Å²) in [5.74, 6) is 0. The summed E-state index contributed by atoms with van der Waals surface area (Å²) in [6.07, 6.45) is -4.40. The van der Waals surface area contributed by atoms with Crippen LogP contribution in [0.4, 0.5) is 23.7 Å². The van der Waals surface area contributed by atoms with Gasteiger partial charge in [-0.15, -0.1) is 0 Å². The molecule has 134 valence electrons. The van der Waals surface area contributed by atoms with Gasteiger partial charge in [0.05, 0.1) is 5.56 Å². The Hall–Kier alpha value is -2.21. The van der Waals surface area contributed by atoms with Crippen LogP contribution in [-0.4, -0.2) is 12.6 Å². The highest BCUT2D eigenvalue weighted by atomic mass is 35.5. The van der Waals surface area contributed by atoms with E-state index in [0.717, 1.165) is 17.7 Å². The van der Waals surface area contributed by atoms with E-state index >= 15 is 0 Å². The average molecular weight is 371 g/mol. The Morgan fingerprint density at radius 3 is 2.20 bits per heavy atom. The summed E-state index contributed by atoms with van der Waals surface area (Å²) in [5, 5.41) is 5.83. The van der Waals surface area contributed by atoms with Crippen molar-refractivity contribution in [3.63, 3.8) is 0 Å². The average Bonchev–Trinajstić information content (AvgIpc) is 2.53. The van der Waals surface area contributed by atoms with Crippen molar-refractivity contribution >= 4 is 23.3 Å². The summed E-state index contributed by atoms with van der Waals surface area (Å²) in [6.45, 7) is 4.18. The van der Waals surface area contributed by atoms with Gasteiger partial charge in [-0.1, -0.05) is 43.6 Å². The Balaban J connectivity index is 1.95. The topological polar surface area (TPSA) is 41.1 Å². The van der Waals surface area contributed by atoms with Crippen molar-refractivity contribution in [3.05, 3.63) is 64.7 Å². The number of urea groups is 1. The van der Waals surface area contributed by atoms with Crippen molar-refractivity contribution in [1.29, 1.82) is 0 Å². The number of halogens is 4. The molecule has 2 aromatic carbocycles. The van der Waals surface area contributed by atoms with Crippen LogP contribution in [0.1, 0.15) is 25.0 Å². The lowest BCUT2D eigenvalue weighted by Gasteiger charge is -2.26. The van der Waals surface area contributed by atoms with Gasteiger partial charge in [-0.2, -0.15) is 13.2 Å². The molecule has 2 amide bonds. The molecule has 2 rings (SSSR count). The van der Waals surface area contributed by atoms with Gasteiger partial charge in [-0.05, 0) is 35.9 Å². The van der Waals surface area contributed by atoms with Crippen molar-refractivity contribution in [2.24, 2.45) is 0 Å². The lowest BCUT2D eigenvalue weighted by molar-refractivity contribution is -0.137. The minimum atomic E-state index is -4.40. The van der Waals surface area contributed by atoms with E-state index in [1.54, 1.807) is 6.07 Å². The Morgan fingerprint density at radius 2 is 1.64 bits per heavy atom. The SMILES string of the molecule is CC(C)(CNC(=O)Nc1ccc(C(F)(F)F)cc1)c1ccccc1Cl. The van der Waals surface area contributed by atoms with E-state index in [1.807, 2.05) is 32.0 Å². The highest BCUT2D eigenvalue weighted by molar-refractivity contribution is 6.31. The Bertz CT molecular complexity index is 743. The van der Waals surface area contributed by atoms with Gasteiger partial charge in [0.25, 0.3) is 0 Å². The fourth-order valence-electron chi connectivity index (χ4n) is 2.32. The summed E-state index contributed by atoms with van der Waals surface area (Å²) in [6, 6.07) is 11.1. The predicted molar refractivity (Wildman–Crippen MR) is 92.9 cm³/mol. The van der Waals surface area contributed by atoms with Crippen molar-refractivity contribution in [2.75, 3.05) is 11.9 Å². The van der Waals surface area contributed by atoms with Gasteiger partial charge >= 0.3 is 12.2 Å². The molecular weight excluding hydrogens is 353 g/mol. The van der Waals surface area contributed by atoms with Crippen molar-refractivity contribution < 1.29 is 18.0 Å². The minimum Gasteiger partial charge on any atom is -0.337 e. The summed E-state index contributed by atoms with van der Waals surface area (Å²) < 4.78 is 37.6. The zero-order valence-electron chi connectivity index (χ0n) is 13.7. The number of alkyl halides is 3. The molecule has 0 saturated carbocycles. The smallest absolute Gasteiger partial charge is 0.337 e. The van der Waals surface area contributed by atoms with E-state index in [9.17, 15) is 18.0 Å². The summed E-state index contributed by atoms with van der Waals surface area (Å²) in [4.78, 5) is 12.0. The number of rotatable bonds is 4. The number of benzene rings is 2. The number of carbonyl (C=O) groups is 1. The molecule has 2 N–H and O–H groups in total. The highest BCUT2D eigenvalue weighted by Crippen LogP contribution is 2.30. The number of amides is 2. The molecule has 0 aliphatic carbocycles. The molecule has 3 nitrogen and oxygen atoms in total. The number of hydrogen-bond donors (Lipinski definition) is 2. The van der Waals surface area contributed by atoms with Gasteiger partial charge in [0.15, 0.2) is 0 Å². The van der Waals surface area contributed by atoms with Crippen LogP contribution in [0.25, 0.3) is 0 Å². The monoisotopic (exact) mass is 370 g/mol. The van der Waals surface area contributed by atoms with Gasteiger partial charge in [-0.3, -0.25) is 0 Å². The molecule has 0 fully saturated rings. The van der Waals surface area contributed by atoms with Crippen LogP contribution >= 0.6 is 11.6 Å². The van der Waals surface area contributed by atoms with Gasteiger partial charge in [0, 0.05) is 22.7 Å². The second-order valence-electron chi connectivity index (χ2n) is 6.25. The molecule has 0 aliphatic heterocycles. The molecule has 0 aromatic heterocycles. The fourth-order valence-corrected chi connectivity index (χ4v) is 2.72. The summed E-state index contributed by atoms with van der Waals surface area (Å²) >= 11 is 6.19. The first-order chi connectivity index (χ1) is 11.6. The van der Waals surface area contributed by atoms with Crippen LogP contribution in [-0.2, 0) is 11.6 Å². The van der Waals surface area contributed by atoms with Crippen molar-refractivity contribution in [2.45, 2.75) is 25.4 Å². The number of hydrogen-bond acceptors (Lipinski definition) is 1. The fraction of sp³-hybridized carbons (Fsp3) is 0.278.